The SMILES string of the molecule is CNc1cc(C(F)(F)F)cc(N(C)CC2CCCC2)n1. The summed E-state index contributed by atoms with van der Waals surface area (Å²) in [4.78, 5) is 6.05. The van der Waals surface area contributed by atoms with E-state index in [2.05, 4.69) is 10.3 Å². The highest BCUT2D eigenvalue weighted by molar-refractivity contribution is 5.50. The van der Waals surface area contributed by atoms with E-state index in [4.69, 9.17) is 0 Å². The molecule has 0 unspecified atom stereocenters. The Balaban J connectivity index is 2.20. The number of rotatable bonds is 4. The van der Waals surface area contributed by atoms with Crippen LogP contribution in [-0.4, -0.2) is 25.6 Å². The van der Waals surface area contributed by atoms with Gasteiger partial charge in [0.25, 0.3) is 0 Å². The summed E-state index contributed by atoms with van der Waals surface area (Å²) in [6, 6.07) is 2.16. The number of halogens is 3. The third kappa shape index (κ3) is 3.55. The lowest BCUT2D eigenvalue weighted by molar-refractivity contribution is -0.137. The van der Waals surface area contributed by atoms with Gasteiger partial charge >= 0.3 is 6.18 Å². The first-order chi connectivity index (χ1) is 9.40. The number of pyridine rings is 1. The van der Waals surface area contributed by atoms with Gasteiger partial charge in [0.2, 0.25) is 0 Å². The Labute approximate surface area is 117 Å². The second kappa shape index (κ2) is 5.89. The Kier molecular flexibility index (Phi) is 4.40. The van der Waals surface area contributed by atoms with Gasteiger partial charge in [-0.1, -0.05) is 12.8 Å². The molecule has 1 aromatic rings. The summed E-state index contributed by atoms with van der Waals surface area (Å²) in [6.07, 6.45) is 0.397. The normalized spacial score (nSPS) is 16.4. The van der Waals surface area contributed by atoms with Crippen molar-refractivity contribution in [2.24, 2.45) is 5.92 Å². The molecular formula is C14H20F3N3. The Morgan fingerprint density at radius 2 is 1.95 bits per heavy atom. The number of nitrogens with one attached hydrogen (secondary N) is 1. The van der Waals surface area contributed by atoms with Crippen LogP contribution < -0.4 is 10.2 Å². The van der Waals surface area contributed by atoms with Crippen LogP contribution in [0.2, 0.25) is 0 Å². The Bertz CT molecular complexity index is 453. The molecule has 6 heteroatoms. The average molecular weight is 287 g/mol. The highest BCUT2D eigenvalue weighted by Crippen LogP contribution is 2.33. The minimum Gasteiger partial charge on any atom is -0.373 e. The minimum absolute atomic E-state index is 0.244. The minimum atomic E-state index is -4.35. The van der Waals surface area contributed by atoms with Crippen LogP contribution in [0.15, 0.2) is 12.1 Å². The van der Waals surface area contributed by atoms with E-state index >= 15 is 0 Å². The van der Waals surface area contributed by atoms with Crippen LogP contribution in [0.25, 0.3) is 0 Å². The van der Waals surface area contributed by atoms with Gasteiger partial charge in [-0.05, 0) is 30.9 Å². The highest BCUT2D eigenvalue weighted by atomic mass is 19.4. The molecule has 0 bridgehead atoms. The fourth-order valence-corrected chi connectivity index (χ4v) is 2.68. The molecule has 0 amide bonds. The van der Waals surface area contributed by atoms with E-state index in [-0.39, 0.29) is 5.82 Å². The summed E-state index contributed by atoms with van der Waals surface area (Å²) < 4.78 is 38.6. The highest BCUT2D eigenvalue weighted by Gasteiger charge is 2.32. The molecule has 20 heavy (non-hydrogen) atoms. The zero-order valence-electron chi connectivity index (χ0n) is 11.8. The van der Waals surface area contributed by atoms with Crippen LogP contribution in [0.4, 0.5) is 24.8 Å². The van der Waals surface area contributed by atoms with E-state index in [0.29, 0.717) is 11.7 Å². The quantitative estimate of drug-likeness (QED) is 0.913. The van der Waals surface area contributed by atoms with E-state index < -0.39 is 11.7 Å². The summed E-state index contributed by atoms with van der Waals surface area (Å²) >= 11 is 0. The number of nitrogens with zero attached hydrogens (tertiary/aromatic N) is 2. The summed E-state index contributed by atoms with van der Waals surface area (Å²) in [6.45, 7) is 0.761. The van der Waals surface area contributed by atoms with Gasteiger partial charge in [0.1, 0.15) is 11.6 Å². The molecule has 1 fully saturated rings. The lowest BCUT2D eigenvalue weighted by atomic mass is 10.1. The van der Waals surface area contributed by atoms with Crippen molar-refractivity contribution in [1.82, 2.24) is 4.98 Å². The molecule has 3 nitrogen and oxygen atoms in total. The molecule has 0 aliphatic heterocycles. The fourth-order valence-electron chi connectivity index (χ4n) is 2.68. The molecule has 2 rings (SSSR count). The summed E-state index contributed by atoms with van der Waals surface area (Å²) in [5, 5.41) is 2.69. The van der Waals surface area contributed by atoms with Gasteiger partial charge in [-0.2, -0.15) is 13.2 Å². The molecule has 1 aliphatic rings. The largest absolute Gasteiger partial charge is 0.416 e. The van der Waals surface area contributed by atoms with Gasteiger partial charge in [-0.3, -0.25) is 0 Å². The predicted octanol–water partition coefficient (Wildman–Crippen LogP) is 3.77. The van der Waals surface area contributed by atoms with Crippen LogP contribution in [0.3, 0.4) is 0 Å². The molecule has 1 saturated carbocycles. The van der Waals surface area contributed by atoms with Crippen molar-refractivity contribution in [2.45, 2.75) is 31.9 Å². The molecule has 0 aromatic carbocycles. The zero-order valence-corrected chi connectivity index (χ0v) is 11.8. The first-order valence-electron chi connectivity index (χ1n) is 6.88. The van der Waals surface area contributed by atoms with Crippen molar-refractivity contribution < 1.29 is 13.2 Å². The van der Waals surface area contributed by atoms with Crippen molar-refractivity contribution in [3.05, 3.63) is 17.7 Å². The van der Waals surface area contributed by atoms with Gasteiger partial charge < -0.3 is 10.2 Å². The van der Waals surface area contributed by atoms with Gasteiger partial charge in [-0.25, -0.2) is 4.98 Å². The van der Waals surface area contributed by atoms with E-state index in [9.17, 15) is 13.2 Å². The van der Waals surface area contributed by atoms with Crippen molar-refractivity contribution in [2.75, 3.05) is 30.9 Å². The summed E-state index contributed by atoms with van der Waals surface area (Å²) in [7, 11) is 3.38. The Morgan fingerprint density at radius 1 is 1.30 bits per heavy atom. The van der Waals surface area contributed by atoms with Crippen LogP contribution in [0, 0.1) is 5.92 Å². The molecule has 112 valence electrons. The smallest absolute Gasteiger partial charge is 0.373 e. The third-order valence-electron chi connectivity index (χ3n) is 3.79. The summed E-state index contributed by atoms with van der Waals surface area (Å²) in [5.41, 5.74) is -0.662. The second-order valence-electron chi connectivity index (χ2n) is 5.38. The van der Waals surface area contributed by atoms with Gasteiger partial charge in [0, 0.05) is 20.6 Å². The van der Waals surface area contributed by atoms with E-state index in [1.807, 2.05) is 4.90 Å². The lowest BCUT2D eigenvalue weighted by Crippen LogP contribution is -2.25. The number of aromatic nitrogens is 1. The maximum Gasteiger partial charge on any atom is 0.416 e. The number of alkyl halides is 3. The van der Waals surface area contributed by atoms with E-state index in [1.165, 1.54) is 12.8 Å². The zero-order chi connectivity index (χ0) is 14.8. The number of anilines is 2. The van der Waals surface area contributed by atoms with E-state index in [0.717, 1.165) is 31.5 Å². The molecule has 0 spiro atoms. The predicted molar refractivity (Wildman–Crippen MR) is 74.0 cm³/mol. The third-order valence-corrected chi connectivity index (χ3v) is 3.79. The van der Waals surface area contributed by atoms with Crippen LogP contribution in [0.1, 0.15) is 31.2 Å². The Hall–Kier alpha value is -1.46. The monoisotopic (exact) mass is 287 g/mol. The maximum absolute atomic E-state index is 12.9. The Morgan fingerprint density at radius 3 is 2.50 bits per heavy atom. The lowest BCUT2D eigenvalue weighted by Gasteiger charge is -2.23. The van der Waals surface area contributed by atoms with Crippen LogP contribution in [-0.2, 0) is 6.18 Å². The van der Waals surface area contributed by atoms with E-state index in [1.54, 1.807) is 14.1 Å². The van der Waals surface area contributed by atoms with Crippen molar-refractivity contribution in [3.63, 3.8) is 0 Å². The van der Waals surface area contributed by atoms with Crippen molar-refractivity contribution in [1.29, 1.82) is 0 Å². The number of hydrogen-bond acceptors (Lipinski definition) is 3. The fraction of sp³-hybridized carbons (Fsp3) is 0.643. The first kappa shape index (κ1) is 14.9. The van der Waals surface area contributed by atoms with Crippen LogP contribution in [0.5, 0.6) is 0 Å². The van der Waals surface area contributed by atoms with Crippen molar-refractivity contribution in [3.8, 4) is 0 Å². The summed E-state index contributed by atoms with van der Waals surface area (Å²) in [5.74, 6) is 1.18. The molecule has 1 aliphatic carbocycles. The first-order valence-corrected chi connectivity index (χ1v) is 6.88. The van der Waals surface area contributed by atoms with Gasteiger partial charge in [0.15, 0.2) is 0 Å². The molecule has 1 N–H and O–H groups in total. The van der Waals surface area contributed by atoms with Crippen LogP contribution >= 0.6 is 0 Å². The average Bonchev–Trinajstić information content (AvgIpc) is 2.90. The second-order valence-corrected chi connectivity index (χ2v) is 5.38. The standard InChI is InChI=1S/C14H20F3N3/c1-18-12-7-11(14(15,16)17)8-13(19-12)20(2)9-10-5-3-4-6-10/h7-8,10H,3-6,9H2,1-2H3,(H,18,19). The molecule has 0 atom stereocenters. The molecule has 0 radical (unpaired) electrons. The molecule has 1 aromatic heterocycles. The molecule has 0 saturated heterocycles. The molecule has 1 heterocycles. The topological polar surface area (TPSA) is 28.2 Å². The van der Waals surface area contributed by atoms with Crippen molar-refractivity contribution >= 4 is 11.6 Å². The maximum atomic E-state index is 12.9. The number of hydrogen-bond donors (Lipinski definition) is 1. The van der Waals surface area contributed by atoms with Gasteiger partial charge in [0.05, 0.1) is 5.56 Å². The molecular weight excluding hydrogens is 267 g/mol. The van der Waals surface area contributed by atoms with Gasteiger partial charge in [-0.15, -0.1) is 0 Å².